The third-order valence-corrected chi connectivity index (χ3v) is 0.790. The molecule has 0 spiro atoms. The molecule has 0 amide bonds. The second-order valence-electron chi connectivity index (χ2n) is 1.35. The van der Waals surface area contributed by atoms with Crippen molar-refractivity contribution in [3.8, 4) is 0 Å². The first kappa shape index (κ1) is 4.11. The van der Waals surface area contributed by atoms with Gasteiger partial charge in [0.25, 0.3) is 0 Å². The molecule has 4 heteroatoms. The van der Waals surface area contributed by atoms with Crippen LogP contribution in [-0.2, 0) is 7.05 Å². The molecule has 1 aromatic rings. The minimum Gasteiger partial charge on any atom is -0.308 e. The highest BCUT2D eigenvalue weighted by molar-refractivity contribution is 4.98. The predicted molar refractivity (Wildman–Crippen MR) is 24.2 cm³/mol. The van der Waals surface area contributed by atoms with Gasteiger partial charge in [0.15, 0.2) is 0 Å². The van der Waals surface area contributed by atoms with Crippen molar-refractivity contribution in [1.29, 1.82) is 0 Å². The number of nitrogens with zero attached hydrogens (tertiary/aromatic N) is 2. The molecular weight excluding hydrogens is 92.1 g/mol. The van der Waals surface area contributed by atoms with E-state index in [-0.39, 0.29) is 0 Å². The minimum atomic E-state index is 0.569. The molecule has 0 fully saturated rings. The van der Waals surface area contributed by atoms with E-state index in [9.17, 15) is 0 Å². The van der Waals surface area contributed by atoms with Gasteiger partial charge < -0.3 is 5.73 Å². The number of aromatic nitrogens is 3. The summed E-state index contributed by atoms with van der Waals surface area (Å²) in [6, 6.07) is 0. The van der Waals surface area contributed by atoms with Crippen LogP contribution in [0.4, 0.5) is 5.95 Å². The molecule has 0 aliphatic rings. The Morgan fingerprint density at radius 3 is 2.86 bits per heavy atom. The number of anilines is 1. The number of nitrogens with one attached hydrogen (secondary N) is 1. The topological polar surface area (TPSA) is 58.6 Å². The molecule has 0 aliphatic heterocycles. The van der Waals surface area contributed by atoms with E-state index in [0.717, 1.165) is 0 Å². The highest BCUT2D eigenvalue weighted by Gasteiger charge is 1.94. The first-order chi connectivity index (χ1) is 3.30. The summed E-state index contributed by atoms with van der Waals surface area (Å²) >= 11 is 0. The van der Waals surface area contributed by atoms with E-state index in [1.54, 1.807) is 10.9 Å². The van der Waals surface area contributed by atoms with Gasteiger partial charge in [-0.15, -0.1) is 5.10 Å². The van der Waals surface area contributed by atoms with Gasteiger partial charge in [0.2, 0.25) is 6.33 Å². The first-order valence-electron chi connectivity index (χ1n) is 1.95. The van der Waals surface area contributed by atoms with E-state index in [4.69, 9.17) is 5.73 Å². The Kier molecular flexibility index (Phi) is 0.714. The highest BCUT2D eigenvalue weighted by Crippen LogP contribution is 1.73. The van der Waals surface area contributed by atoms with Crippen LogP contribution in [0, 0.1) is 0 Å². The lowest BCUT2D eigenvalue weighted by atomic mass is 11.0. The normalized spacial score (nSPS) is 9.29. The lowest BCUT2D eigenvalue weighted by molar-refractivity contribution is -0.656. The Morgan fingerprint density at radius 2 is 2.71 bits per heavy atom. The van der Waals surface area contributed by atoms with Crippen LogP contribution in [0.1, 0.15) is 0 Å². The number of hydrogen-bond acceptors (Lipinski definition) is 2. The Hall–Kier alpha value is -1.06. The average Bonchev–Trinajstić information content (AvgIpc) is 1.91. The maximum atomic E-state index is 5.28. The number of hydrogen-bond donors (Lipinski definition) is 2. The van der Waals surface area contributed by atoms with E-state index in [2.05, 4.69) is 10.2 Å². The van der Waals surface area contributed by atoms with Gasteiger partial charge in [-0.2, -0.15) is 0 Å². The molecule has 1 heterocycles. The van der Waals surface area contributed by atoms with Crippen molar-refractivity contribution in [2.24, 2.45) is 7.05 Å². The molecular formula is C3H7N4+. The molecule has 3 N–H and O–H groups in total. The van der Waals surface area contributed by atoms with E-state index < -0.39 is 0 Å². The largest absolute Gasteiger partial charge is 0.339 e. The summed E-state index contributed by atoms with van der Waals surface area (Å²) < 4.78 is 1.69. The molecule has 1 aromatic heterocycles. The maximum absolute atomic E-state index is 5.28. The molecule has 0 bridgehead atoms. The number of aryl methyl sites for hydroxylation is 1. The quantitative estimate of drug-likeness (QED) is 0.402. The summed E-state index contributed by atoms with van der Waals surface area (Å²) in [4.78, 5) is 0. The SMILES string of the molecule is C[n+]1cn[nH]c1N. The summed E-state index contributed by atoms with van der Waals surface area (Å²) in [5, 5.41) is 6.19. The van der Waals surface area contributed by atoms with Crippen LogP contribution in [0.3, 0.4) is 0 Å². The third kappa shape index (κ3) is 0.534. The zero-order valence-electron chi connectivity index (χ0n) is 4.05. The van der Waals surface area contributed by atoms with Gasteiger partial charge >= 0.3 is 5.95 Å². The van der Waals surface area contributed by atoms with Crippen molar-refractivity contribution in [3.05, 3.63) is 6.33 Å². The van der Waals surface area contributed by atoms with Gasteiger partial charge in [-0.3, -0.25) is 0 Å². The molecule has 7 heavy (non-hydrogen) atoms. The second kappa shape index (κ2) is 1.22. The van der Waals surface area contributed by atoms with Crippen LogP contribution in [0.5, 0.6) is 0 Å². The molecule has 0 aliphatic carbocycles. The minimum absolute atomic E-state index is 0.569. The van der Waals surface area contributed by atoms with Crippen molar-refractivity contribution in [1.82, 2.24) is 10.2 Å². The fourth-order valence-electron chi connectivity index (χ4n) is 0.323. The summed E-state index contributed by atoms with van der Waals surface area (Å²) in [7, 11) is 1.82. The van der Waals surface area contributed by atoms with E-state index >= 15 is 0 Å². The number of H-pyrrole nitrogens is 1. The molecule has 0 saturated carbocycles. The summed E-state index contributed by atoms with van der Waals surface area (Å²) in [6.45, 7) is 0. The zero-order chi connectivity index (χ0) is 5.28. The van der Waals surface area contributed by atoms with Crippen LogP contribution in [-0.4, -0.2) is 10.2 Å². The Balaban J connectivity index is 3.12. The zero-order valence-corrected chi connectivity index (χ0v) is 4.05. The van der Waals surface area contributed by atoms with Crippen LogP contribution < -0.4 is 10.3 Å². The fourth-order valence-corrected chi connectivity index (χ4v) is 0.323. The van der Waals surface area contributed by atoms with Crippen LogP contribution in [0.15, 0.2) is 6.33 Å². The van der Waals surface area contributed by atoms with Crippen LogP contribution in [0.2, 0.25) is 0 Å². The smallest absolute Gasteiger partial charge is 0.308 e. The van der Waals surface area contributed by atoms with E-state index in [1.165, 1.54) is 0 Å². The summed E-state index contributed by atoms with van der Waals surface area (Å²) in [5.74, 6) is 0.569. The van der Waals surface area contributed by atoms with Gasteiger partial charge in [-0.25, -0.2) is 4.57 Å². The summed E-state index contributed by atoms with van der Waals surface area (Å²) in [5.41, 5.74) is 5.28. The number of nitrogens with two attached hydrogens (primary N) is 1. The van der Waals surface area contributed by atoms with E-state index in [1.807, 2.05) is 7.05 Å². The average molecular weight is 99.1 g/mol. The van der Waals surface area contributed by atoms with Gasteiger partial charge in [0, 0.05) is 0 Å². The molecule has 0 saturated heterocycles. The van der Waals surface area contributed by atoms with Crippen molar-refractivity contribution in [2.45, 2.75) is 0 Å². The van der Waals surface area contributed by atoms with Crippen LogP contribution >= 0.6 is 0 Å². The molecule has 0 unspecified atom stereocenters. The maximum Gasteiger partial charge on any atom is 0.339 e. The van der Waals surface area contributed by atoms with Gasteiger partial charge in [-0.1, -0.05) is 0 Å². The van der Waals surface area contributed by atoms with Crippen molar-refractivity contribution in [3.63, 3.8) is 0 Å². The number of rotatable bonds is 0. The van der Waals surface area contributed by atoms with Gasteiger partial charge in [-0.05, 0) is 5.10 Å². The molecule has 4 nitrogen and oxygen atoms in total. The van der Waals surface area contributed by atoms with E-state index in [0.29, 0.717) is 5.95 Å². The molecule has 38 valence electrons. The standard InChI is InChI=1S/C3H6N4/c1-7-2-5-6-3(7)4/h2H,1H3,(H2,4,6)/p+1. The van der Waals surface area contributed by atoms with Crippen LogP contribution in [0.25, 0.3) is 0 Å². The molecule has 0 radical (unpaired) electrons. The molecule has 1 rings (SSSR count). The number of aromatic amines is 1. The lowest BCUT2D eigenvalue weighted by Crippen LogP contribution is -2.28. The highest BCUT2D eigenvalue weighted by atomic mass is 15.3. The Labute approximate surface area is 41.0 Å². The monoisotopic (exact) mass is 99.1 g/mol. The van der Waals surface area contributed by atoms with Crippen molar-refractivity contribution >= 4 is 5.95 Å². The Bertz CT molecular complexity index is 139. The first-order valence-corrected chi connectivity index (χ1v) is 1.95. The predicted octanol–water partition coefficient (Wildman–Crippen LogP) is -1.18. The van der Waals surface area contributed by atoms with Crippen molar-refractivity contribution in [2.75, 3.05) is 5.73 Å². The summed E-state index contributed by atoms with van der Waals surface area (Å²) in [6.07, 6.45) is 1.61. The third-order valence-electron chi connectivity index (χ3n) is 0.790. The number of nitrogen functional groups attached to an aromatic ring is 1. The molecule has 0 aromatic carbocycles. The van der Waals surface area contributed by atoms with Crippen molar-refractivity contribution < 1.29 is 4.57 Å². The fraction of sp³-hybridized carbons (Fsp3) is 0.333. The molecule has 0 atom stereocenters. The Morgan fingerprint density at radius 1 is 2.00 bits per heavy atom. The van der Waals surface area contributed by atoms with Gasteiger partial charge in [0.05, 0.1) is 7.05 Å². The van der Waals surface area contributed by atoms with Gasteiger partial charge in [0.1, 0.15) is 0 Å². The lowest BCUT2D eigenvalue weighted by Gasteiger charge is -1.77. The second-order valence-corrected chi connectivity index (χ2v) is 1.35.